The Morgan fingerprint density at radius 3 is 2.54 bits per heavy atom. The lowest BCUT2D eigenvalue weighted by Gasteiger charge is -2.35. The van der Waals surface area contributed by atoms with Gasteiger partial charge in [0.25, 0.3) is 5.91 Å². The third-order valence-electron chi connectivity index (χ3n) is 5.17. The van der Waals surface area contributed by atoms with Crippen LogP contribution < -0.4 is 5.32 Å². The highest BCUT2D eigenvalue weighted by molar-refractivity contribution is 6.08. The van der Waals surface area contributed by atoms with Crippen molar-refractivity contribution in [1.29, 1.82) is 0 Å². The highest BCUT2D eigenvalue weighted by Gasteiger charge is 2.55. The van der Waals surface area contributed by atoms with Crippen LogP contribution in [0.25, 0.3) is 0 Å². The monoisotopic (exact) mass is 353 g/mol. The van der Waals surface area contributed by atoms with Gasteiger partial charge in [-0.15, -0.1) is 0 Å². The van der Waals surface area contributed by atoms with Gasteiger partial charge in [-0.05, 0) is 25.0 Å². The molecule has 0 unspecified atom stereocenters. The topological polar surface area (TPSA) is 69.7 Å². The molecule has 0 aromatic heterocycles. The summed E-state index contributed by atoms with van der Waals surface area (Å²) in [6.45, 7) is -0.0816. The molecule has 4 amide bonds. The Balaban J connectivity index is 1.56. The van der Waals surface area contributed by atoms with E-state index in [1.54, 1.807) is 7.05 Å². The van der Waals surface area contributed by atoms with Crippen molar-refractivity contribution in [3.63, 3.8) is 0 Å². The summed E-state index contributed by atoms with van der Waals surface area (Å²) in [5, 5.41) is 2.65. The fourth-order valence-electron chi connectivity index (χ4n) is 3.68. The predicted molar refractivity (Wildman–Crippen MR) is 97.0 cm³/mol. The number of imide groups is 1. The molecule has 6 heteroatoms. The molecule has 1 saturated carbocycles. The van der Waals surface area contributed by atoms with Crippen LogP contribution in [0, 0.1) is 11.8 Å². The molecular weight excluding hydrogens is 330 g/mol. The van der Waals surface area contributed by atoms with E-state index in [1.807, 2.05) is 30.3 Å². The van der Waals surface area contributed by atoms with Crippen molar-refractivity contribution >= 4 is 17.8 Å². The maximum atomic E-state index is 12.8. The molecule has 1 spiro atoms. The van der Waals surface area contributed by atoms with Crippen molar-refractivity contribution in [1.82, 2.24) is 15.1 Å². The van der Waals surface area contributed by atoms with Gasteiger partial charge in [0, 0.05) is 12.6 Å². The molecule has 1 saturated heterocycles. The maximum absolute atomic E-state index is 12.8. The molecule has 1 heterocycles. The number of carbonyl (C=O) groups excluding carboxylic acids is 3. The largest absolute Gasteiger partial charge is 0.344 e. The summed E-state index contributed by atoms with van der Waals surface area (Å²) in [6, 6.07) is 9.08. The summed E-state index contributed by atoms with van der Waals surface area (Å²) in [7, 11) is 1.66. The lowest BCUT2D eigenvalue weighted by molar-refractivity contribution is -0.137. The van der Waals surface area contributed by atoms with Crippen molar-refractivity contribution in [3.05, 3.63) is 35.9 Å². The second-order valence-electron chi connectivity index (χ2n) is 6.77. The number of urea groups is 1. The van der Waals surface area contributed by atoms with Crippen LogP contribution in [0.4, 0.5) is 4.79 Å². The van der Waals surface area contributed by atoms with Crippen LogP contribution in [0.2, 0.25) is 0 Å². The number of hydrogen-bond acceptors (Lipinski definition) is 3. The number of likely N-dealkylation sites (N-methyl/N-ethyl adjacent to an activating group) is 1. The summed E-state index contributed by atoms with van der Waals surface area (Å²) in [5.41, 5.74) is 0.121. The van der Waals surface area contributed by atoms with E-state index in [2.05, 4.69) is 17.2 Å². The average molecular weight is 353 g/mol. The Labute approximate surface area is 153 Å². The molecule has 1 aliphatic heterocycles. The lowest BCUT2D eigenvalue weighted by Crippen LogP contribution is -2.49. The first-order valence-corrected chi connectivity index (χ1v) is 8.95. The van der Waals surface area contributed by atoms with Gasteiger partial charge in [0.05, 0.1) is 6.54 Å². The van der Waals surface area contributed by atoms with Gasteiger partial charge in [0.15, 0.2) is 0 Å². The number of rotatable bonds is 3. The Kier molecular flexibility index (Phi) is 5.27. The third-order valence-corrected chi connectivity index (χ3v) is 5.17. The Hall–Kier alpha value is -2.81. The molecule has 3 rings (SSSR count). The van der Waals surface area contributed by atoms with Gasteiger partial charge in [0.1, 0.15) is 12.1 Å². The summed E-state index contributed by atoms with van der Waals surface area (Å²) in [5.74, 6) is 5.19. The molecule has 0 bridgehead atoms. The summed E-state index contributed by atoms with van der Waals surface area (Å²) < 4.78 is 0. The smallest absolute Gasteiger partial charge is 0.327 e. The van der Waals surface area contributed by atoms with Crippen molar-refractivity contribution in [2.24, 2.45) is 0 Å². The average Bonchev–Trinajstić information content (AvgIpc) is 2.83. The Morgan fingerprint density at radius 1 is 1.15 bits per heavy atom. The van der Waals surface area contributed by atoms with Gasteiger partial charge in [-0.3, -0.25) is 14.5 Å². The van der Waals surface area contributed by atoms with Gasteiger partial charge in [-0.1, -0.05) is 49.3 Å². The highest BCUT2D eigenvalue weighted by atomic mass is 16.2. The normalized spacial score (nSPS) is 18.7. The molecule has 0 atom stereocenters. The Morgan fingerprint density at radius 2 is 1.85 bits per heavy atom. The molecule has 1 N–H and O–H groups in total. The first-order chi connectivity index (χ1) is 12.5. The third kappa shape index (κ3) is 3.43. The van der Waals surface area contributed by atoms with Gasteiger partial charge in [-0.2, -0.15) is 0 Å². The quantitative estimate of drug-likeness (QED) is 0.665. The molecule has 1 aromatic carbocycles. The van der Waals surface area contributed by atoms with E-state index in [1.165, 1.54) is 4.90 Å². The van der Waals surface area contributed by atoms with E-state index in [0.29, 0.717) is 12.8 Å². The minimum absolute atomic E-state index is 0.172. The number of nitrogens with one attached hydrogen (secondary N) is 1. The van der Waals surface area contributed by atoms with Gasteiger partial charge in [-0.25, -0.2) is 4.79 Å². The summed E-state index contributed by atoms with van der Waals surface area (Å²) >= 11 is 0. The van der Waals surface area contributed by atoms with Gasteiger partial charge < -0.3 is 10.2 Å². The van der Waals surface area contributed by atoms with Gasteiger partial charge >= 0.3 is 6.03 Å². The van der Waals surface area contributed by atoms with Crippen LogP contribution in [-0.2, 0) is 9.59 Å². The number of benzene rings is 1. The molecule has 136 valence electrons. The SMILES string of the molecule is CN1C(=O)N(CC(=O)NCC#Cc2ccccc2)C(=O)C12CCCCC2. The number of hydrogen-bond donors (Lipinski definition) is 1. The molecule has 1 aromatic rings. The molecule has 2 fully saturated rings. The van der Waals surface area contributed by atoms with E-state index in [-0.39, 0.29) is 30.9 Å². The maximum Gasteiger partial charge on any atom is 0.327 e. The predicted octanol–water partition coefficient (Wildman–Crippen LogP) is 1.75. The molecular formula is C20H23N3O3. The molecule has 6 nitrogen and oxygen atoms in total. The van der Waals surface area contributed by atoms with E-state index in [0.717, 1.165) is 29.7 Å². The number of amides is 4. The van der Waals surface area contributed by atoms with Crippen LogP contribution in [0.5, 0.6) is 0 Å². The summed E-state index contributed by atoms with van der Waals surface area (Å²) in [4.78, 5) is 40.0. The van der Waals surface area contributed by atoms with E-state index >= 15 is 0 Å². The number of nitrogens with zero attached hydrogens (tertiary/aromatic N) is 2. The molecule has 0 radical (unpaired) electrons. The molecule has 2 aliphatic rings. The van der Waals surface area contributed by atoms with Crippen molar-refractivity contribution < 1.29 is 14.4 Å². The van der Waals surface area contributed by atoms with Crippen LogP contribution >= 0.6 is 0 Å². The lowest BCUT2D eigenvalue weighted by atomic mass is 9.81. The van der Waals surface area contributed by atoms with Crippen LogP contribution in [-0.4, -0.2) is 53.3 Å². The fraction of sp³-hybridized carbons (Fsp3) is 0.450. The number of carbonyl (C=O) groups is 3. The molecule has 1 aliphatic carbocycles. The first kappa shape index (κ1) is 18.0. The summed E-state index contributed by atoms with van der Waals surface area (Å²) in [6.07, 6.45) is 4.29. The zero-order chi connectivity index (χ0) is 18.6. The van der Waals surface area contributed by atoms with Crippen LogP contribution in [0.1, 0.15) is 37.7 Å². The standard InChI is InChI=1S/C20H23N3O3/c1-22-19(26)23(18(25)20(22)12-6-3-7-13-20)15-17(24)21-14-8-11-16-9-4-2-5-10-16/h2,4-5,9-10H,3,6-7,12-15H2,1H3,(H,21,24). The zero-order valence-corrected chi connectivity index (χ0v) is 15.0. The first-order valence-electron chi connectivity index (χ1n) is 8.95. The van der Waals surface area contributed by atoms with E-state index < -0.39 is 5.54 Å². The van der Waals surface area contributed by atoms with E-state index in [9.17, 15) is 14.4 Å². The second kappa shape index (κ2) is 7.61. The van der Waals surface area contributed by atoms with Crippen LogP contribution in [0.3, 0.4) is 0 Å². The van der Waals surface area contributed by atoms with Crippen LogP contribution in [0.15, 0.2) is 30.3 Å². The van der Waals surface area contributed by atoms with Gasteiger partial charge in [0.2, 0.25) is 5.91 Å². The Bertz CT molecular complexity index is 758. The minimum Gasteiger partial charge on any atom is -0.344 e. The van der Waals surface area contributed by atoms with E-state index in [4.69, 9.17) is 0 Å². The highest BCUT2D eigenvalue weighted by Crippen LogP contribution is 2.39. The molecule has 26 heavy (non-hydrogen) atoms. The fourth-order valence-corrected chi connectivity index (χ4v) is 3.68. The minimum atomic E-state index is -0.747. The second-order valence-corrected chi connectivity index (χ2v) is 6.77. The van der Waals surface area contributed by atoms with Crippen molar-refractivity contribution in [2.75, 3.05) is 20.1 Å². The van der Waals surface area contributed by atoms with Crippen molar-refractivity contribution in [3.8, 4) is 11.8 Å². The van der Waals surface area contributed by atoms with Crippen molar-refractivity contribution in [2.45, 2.75) is 37.6 Å². The zero-order valence-electron chi connectivity index (χ0n) is 15.0.